The molecule has 2 aromatic carbocycles. The van der Waals surface area contributed by atoms with E-state index in [1.54, 1.807) is 0 Å². The van der Waals surface area contributed by atoms with Gasteiger partial charge in [-0.05, 0) is 62.0 Å². The van der Waals surface area contributed by atoms with Crippen LogP contribution in [0.1, 0.15) is 30.9 Å². The first kappa shape index (κ1) is 18.4. The fourth-order valence-corrected chi connectivity index (χ4v) is 5.65. The molecule has 2 atom stereocenters. The SMILES string of the molecule is c1ccc(CN2CCC(Oc3ccc4c(cnn4[C@@H]4CN5CCC4CC5)c3)C2)cc1. The Morgan fingerprint density at radius 2 is 1.80 bits per heavy atom. The van der Waals surface area contributed by atoms with E-state index in [1.165, 1.54) is 42.4 Å². The van der Waals surface area contributed by atoms with Crippen LogP contribution in [-0.4, -0.2) is 58.4 Å². The van der Waals surface area contributed by atoms with E-state index >= 15 is 0 Å². The minimum Gasteiger partial charge on any atom is -0.489 e. The highest BCUT2D eigenvalue weighted by atomic mass is 16.5. The smallest absolute Gasteiger partial charge is 0.120 e. The summed E-state index contributed by atoms with van der Waals surface area (Å²) < 4.78 is 8.65. The molecular formula is C25H30N4O. The summed E-state index contributed by atoms with van der Waals surface area (Å²) in [5.41, 5.74) is 2.62. The number of hydrogen-bond acceptors (Lipinski definition) is 4. The molecule has 0 radical (unpaired) electrons. The highest BCUT2D eigenvalue weighted by Gasteiger charge is 2.36. The quantitative estimate of drug-likeness (QED) is 0.647. The first-order chi connectivity index (χ1) is 14.8. The first-order valence-corrected chi connectivity index (χ1v) is 11.4. The molecular weight excluding hydrogens is 372 g/mol. The molecule has 3 aromatic rings. The van der Waals surface area contributed by atoms with Crippen LogP contribution in [0.25, 0.3) is 10.9 Å². The lowest BCUT2D eigenvalue weighted by molar-refractivity contribution is 0.0534. The Bertz CT molecular complexity index is 1010. The summed E-state index contributed by atoms with van der Waals surface area (Å²) in [4.78, 5) is 5.08. The Kier molecular flexibility index (Phi) is 4.73. The molecule has 7 rings (SSSR count). The van der Waals surface area contributed by atoms with E-state index in [0.717, 1.165) is 44.3 Å². The van der Waals surface area contributed by atoms with Crippen molar-refractivity contribution in [3.63, 3.8) is 0 Å². The Balaban J connectivity index is 1.13. The van der Waals surface area contributed by atoms with Crippen LogP contribution in [0.3, 0.4) is 0 Å². The molecule has 2 bridgehead atoms. The normalized spacial score (nSPS) is 28.9. The third-order valence-corrected chi connectivity index (χ3v) is 7.28. The lowest BCUT2D eigenvalue weighted by atomic mass is 9.84. The maximum atomic E-state index is 6.37. The number of benzene rings is 2. The predicted molar refractivity (Wildman–Crippen MR) is 119 cm³/mol. The van der Waals surface area contributed by atoms with Gasteiger partial charge in [0, 0.05) is 31.6 Å². The van der Waals surface area contributed by atoms with Gasteiger partial charge >= 0.3 is 0 Å². The van der Waals surface area contributed by atoms with Crippen molar-refractivity contribution < 1.29 is 4.74 Å². The first-order valence-electron chi connectivity index (χ1n) is 11.4. The third-order valence-electron chi connectivity index (χ3n) is 7.28. The summed E-state index contributed by atoms with van der Waals surface area (Å²) in [6, 6.07) is 17.8. The van der Waals surface area contributed by atoms with Crippen LogP contribution in [-0.2, 0) is 6.54 Å². The van der Waals surface area contributed by atoms with Crippen LogP contribution in [0.15, 0.2) is 54.7 Å². The molecule has 156 valence electrons. The van der Waals surface area contributed by atoms with E-state index < -0.39 is 0 Å². The lowest BCUT2D eigenvalue weighted by Crippen LogP contribution is -2.48. The van der Waals surface area contributed by atoms with Crippen molar-refractivity contribution in [3.8, 4) is 5.75 Å². The highest BCUT2D eigenvalue weighted by molar-refractivity contribution is 5.80. The molecule has 1 aromatic heterocycles. The second-order valence-electron chi connectivity index (χ2n) is 9.26. The number of likely N-dealkylation sites (tertiary alicyclic amines) is 1. The molecule has 0 N–H and O–H groups in total. The van der Waals surface area contributed by atoms with Gasteiger partial charge in [0.2, 0.25) is 0 Å². The fourth-order valence-electron chi connectivity index (χ4n) is 5.65. The minimum atomic E-state index is 0.267. The van der Waals surface area contributed by atoms with E-state index in [-0.39, 0.29) is 6.10 Å². The summed E-state index contributed by atoms with van der Waals surface area (Å²) in [5.74, 6) is 1.76. The van der Waals surface area contributed by atoms with Gasteiger partial charge in [-0.15, -0.1) is 0 Å². The molecule has 5 heterocycles. The molecule has 0 aliphatic carbocycles. The molecule has 0 amide bonds. The summed E-state index contributed by atoms with van der Waals surface area (Å²) >= 11 is 0. The van der Waals surface area contributed by atoms with Gasteiger partial charge in [0.25, 0.3) is 0 Å². The highest BCUT2D eigenvalue weighted by Crippen LogP contribution is 2.37. The molecule has 4 aliphatic rings. The molecule has 0 saturated carbocycles. The monoisotopic (exact) mass is 402 g/mol. The predicted octanol–water partition coefficient (Wildman–Crippen LogP) is 3.96. The van der Waals surface area contributed by atoms with Gasteiger partial charge in [-0.3, -0.25) is 9.58 Å². The maximum absolute atomic E-state index is 6.37. The Morgan fingerprint density at radius 3 is 2.60 bits per heavy atom. The van der Waals surface area contributed by atoms with Crippen molar-refractivity contribution in [2.45, 2.75) is 38.0 Å². The van der Waals surface area contributed by atoms with Crippen molar-refractivity contribution in [3.05, 3.63) is 60.3 Å². The topological polar surface area (TPSA) is 33.5 Å². The van der Waals surface area contributed by atoms with Crippen LogP contribution in [0.2, 0.25) is 0 Å². The van der Waals surface area contributed by atoms with E-state index in [2.05, 4.69) is 63.0 Å². The number of aromatic nitrogens is 2. The molecule has 4 aliphatic heterocycles. The number of rotatable bonds is 5. The molecule has 5 nitrogen and oxygen atoms in total. The number of nitrogens with zero attached hydrogens (tertiary/aromatic N) is 4. The van der Waals surface area contributed by atoms with E-state index in [0.29, 0.717) is 6.04 Å². The number of piperidine rings is 3. The lowest BCUT2D eigenvalue weighted by Gasteiger charge is -2.44. The molecule has 4 fully saturated rings. The van der Waals surface area contributed by atoms with E-state index in [4.69, 9.17) is 9.84 Å². The van der Waals surface area contributed by atoms with E-state index in [9.17, 15) is 0 Å². The molecule has 0 spiro atoms. The Morgan fingerprint density at radius 1 is 0.933 bits per heavy atom. The average Bonchev–Trinajstić information content (AvgIpc) is 3.41. The van der Waals surface area contributed by atoms with Gasteiger partial charge in [0.15, 0.2) is 0 Å². The van der Waals surface area contributed by atoms with Crippen LogP contribution in [0.5, 0.6) is 5.75 Å². The summed E-state index contributed by atoms with van der Waals surface area (Å²) in [7, 11) is 0. The van der Waals surface area contributed by atoms with Gasteiger partial charge in [-0.2, -0.15) is 5.10 Å². The molecule has 4 saturated heterocycles. The fraction of sp³-hybridized carbons (Fsp3) is 0.480. The summed E-state index contributed by atoms with van der Waals surface area (Å²) in [6.45, 7) is 6.78. The average molecular weight is 403 g/mol. The zero-order valence-electron chi connectivity index (χ0n) is 17.5. The van der Waals surface area contributed by atoms with Gasteiger partial charge in [0.1, 0.15) is 11.9 Å². The van der Waals surface area contributed by atoms with Crippen LogP contribution < -0.4 is 4.74 Å². The molecule has 30 heavy (non-hydrogen) atoms. The summed E-state index contributed by atoms with van der Waals surface area (Å²) in [5, 5.41) is 5.99. The van der Waals surface area contributed by atoms with Gasteiger partial charge < -0.3 is 9.64 Å². The zero-order valence-corrected chi connectivity index (χ0v) is 17.5. The number of fused-ring (bicyclic) bond motifs is 4. The second kappa shape index (κ2) is 7.71. The Hall–Kier alpha value is -2.37. The Labute approximate surface area is 178 Å². The number of hydrogen-bond donors (Lipinski definition) is 0. The molecule has 5 heteroatoms. The maximum Gasteiger partial charge on any atom is 0.120 e. The minimum absolute atomic E-state index is 0.267. The molecule has 1 unspecified atom stereocenters. The van der Waals surface area contributed by atoms with Crippen molar-refractivity contribution in [2.24, 2.45) is 5.92 Å². The standard InChI is InChI=1S/C25H30N4O/c1-2-4-19(5-3-1)16-28-13-10-23(17-28)30-22-6-7-24-21(14-22)15-26-29(24)25-18-27-11-8-20(25)9-12-27/h1-7,14-15,20,23,25H,8-13,16-18H2/t23?,25-/m1/s1. The van der Waals surface area contributed by atoms with Gasteiger partial charge in [-0.1, -0.05) is 30.3 Å². The zero-order chi connectivity index (χ0) is 19.9. The van der Waals surface area contributed by atoms with Crippen LogP contribution in [0.4, 0.5) is 0 Å². The van der Waals surface area contributed by atoms with Crippen LogP contribution >= 0.6 is 0 Å². The third kappa shape index (κ3) is 3.50. The van der Waals surface area contributed by atoms with E-state index in [1.807, 2.05) is 6.20 Å². The van der Waals surface area contributed by atoms with Crippen molar-refractivity contribution in [1.82, 2.24) is 19.6 Å². The van der Waals surface area contributed by atoms with Crippen molar-refractivity contribution in [1.29, 1.82) is 0 Å². The van der Waals surface area contributed by atoms with Crippen molar-refractivity contribution >= 4 is 10.9 Å². The second-order valence-corrected chi connectivity index (χ2v) is 9.26. The van der Waals surface area contributed by atoms with Gasteiger partial charge in [-0.25, -0.2) is 0 Å². The largest absolute Gasteiger partial charge is 0.489 e. The summed E-state index contributed by atoms with van der Waals surface area (Å²) in [6.07, 6.45) is 6.01. The number of ether oxygens (including phenoxy) is 1. The van der Waals surface area contributed by atoms with Gasteiger partial charge in [0.05, 0.1) is 17.8 Å². The van der Waals surface area contributed by atoms with Crippen molar-refractivity contribution in [2.75, 3.05) is 32.7 Å². The van der Waals surface area contributed by atoms with Crippen LogP contribution in [0, 0.1) is 5.92 Å².